The van der Waals surface area contributed by atoms with E-state index in [4.69, 9.17) is 4.74 Å². The van der Waals surface area contributed by atoms with Crippen LogP contribution in [-0.2, 0) is 23.9 Å². The van der Waals surface area contributed by atoms with Crippen molar-refractivity contribution in [3.05, 3.63) is 72.9 Å². The predicted octanol–water partition coefficient (Wildman–Crippen LogP) is 1.69. The highest BCUT2D eigenvalue weighted by Gasteiger charge is 2.38. The molecule has 1 aliphatic rings. The van der Waals surface area contributed by atoms with E-state index in [0.29, 0.717) is 12.8 Å². The average Bonchev–Trinajstić information content (AvgIpc) is 3.46. The van der Waals surface area contributed by atoms with Crippen LogP contribution < -0.4 is 21.3 Å². The number of carbonyl (C=O) groups excluding carboxylic acids is 4. The molecule has 0 saturated heterocycles. The first-order valence-electron chi connectivity index (χ1n) is 13.5. The summed E-state index contributed by atoms with van der Waals surface area (Å²) in [4.78, 5) is 50.3. The second kappa shape index (κ2) is 17.0. The number of amides is 4. The molecule has 40 heavy (non-hydrogen) atoms. The smallest absolute Gasteiger partial charge is 0.249 e. The van der Waals surface area contributed by atoms with Crippen LogP contribution in [0.3, 0.4) is 0 Å². The van der Waals surface area contributed by atoms with Crippen LogP contribution in [-0.4, -0.2) is 67.7 Å². The van der Waals surface area contributed by atoms with Gasteiger partial charge < -0.3 is 31.1 Å². The van der Waals surface area contributed by atoms with E-state index in [0.717, 1.165) is 17.6 Å². The zero-order valence-corrected chi connectivity index (χ0v) is 23.4. The summed E-state index contributed by atoms with van der Waals surface area (Å²) in [6.45, 7) is 9.03. The molecule has 1 aliphatic carbocycles. The monoisotopic (exact) mass is 554 g/mol. The van der Waals surface area contributed by atoms with Crippen molar-refractivity contribution in [2.45, 2.75) is 50.9 Å². The Morgan fingerprint density at radius 1 is 1.02 bits per heavy atom. The fourth-order valence-corrected chi connectivity index (χ4v) is 4.62. The van der Waals surface area contributed by atoms with Gasteiger partial charge in [0.1, 0.15) is 6.10 Å². The minimum absolute atomic E-state index is 0.0872. The van der Waals surface area contributed by atoms with Crippen LogP contribution in [0.2, 0.25) is 0 Å². The Balaban J connectivity index is 1.78. The summed E-state index contributed by atoms with van der Waals surface area (Å²) in [5.74, 6) is -2.36. The summed E-state index contributed by atoms with van der Waals surface area (Å²) in [5, 5.41) is 21.3. The molecule has 0 aliphatic heterocycles. The van der Waals surface area contributed by atoms with Gasteiger partial charge in [0.15, 0.2) is 0 Å². The first kappa shape index (κ1) is 32.5. The highest BCUT2D eigenvalue weighted by atomic mass is 16.5. The molecule has 0 bridgehead atoms. The van der Waals surface area contributed by atoms with Gasteiger partial charge in [-0.1, -0.05) is 68.1 Å². The Morgan fingerprint density at radius 2 is 1.70 bits per heavy atom. The molecule has 0 spiro atoms. The largest absolute Gasteiger partial charge is 0.391 e. The molecular formula is C30H42N4O6. The molecule has 1 saturated carbocycles. The van der Waals surface area contributed by atoms with E-state index < -0.39 is 35.9 Å². The first-order chi connectivity index (χ1) is 19.2. The predicted molar refractivity (Wildman–Crippen MR) is 153 cm³/mol. The zero-order valence-electron chi connectivity index (χ0n) is 23.4. The van der Waals surface area contributed by atoms with Crippen molar-refractivity contribution >= 4 is 23.6 Å². The van der Waals surface area contributed by atoms with Gasteiger partial charge in [0.25, 0.3) is 0 Å². The Labute approximate surface area is 236 Å². The van der Waals surface area contributed by atoms with E-state index in [9.17, 15) is 24.3 Å². The van der Waals surface area contributed by atoms with E-state index in [-0.39, 0.29) is 43.9 Å². The molecule has 1 aromatic rings. The lowest BCUT2D eigenvalue weighted by molar-refractivity contribution is -0.135. The number of rotatable bonds is 16. The van der Waals surface area contributed by atoms with Crippen molar-refractivity contribution in [3.8, 4) is 0 Å². The standard InChI is InChI=1S/C30H42N4O6/c1-5-11-21(6-2)17-31-27(36)19-33-30(39)26(40-4)16-23(35)18-32-28(37)24-14-10-15-25(24)29(38)34-20(3)22-12-8-7-9-13-22/h5-9,11-13,20,23-26,35H,1-2,10,14-19H2,3-4H3,(H,31,36)(H,32,37)(H,33,39)(H,34,38)/b21-11+/t20-,23+,24?,25?,26-/m1/s1. The molecule has 10 heteroatoms. The van der Waals surface area contributed by atoms with E-state index in [2.05, 4.69) is 34.4 Å². The number of nitrogens with one attached hydrogen (secondary N) is 4. The van der Waals surface area contributed by atoms with E-state index in [1.165, 1.54) is 7.11 Å². The first-order valence-corrected chi connectivity index (χ1v) is 13.5. The highest BCUT2D eigenvalue weighted by Crippen LogP contribution is 2.32. The summed E-state index contributed by atoms with van der Waals surface area (Å²) in [7, 11) is 1.32. The molecule has 218 valence electrons. The number of methoxy groups -OCH3 is 1. The van der Waals surface area contributed by atoms with Gasteiger partial charge in [0.05, 0.1) is 18.7 Å². The fraction of sp³-hybridized carbons (Fsp3) is 0.467. The lowest BCUT2D eigenvalue weighted by Gasteiger charge is -2.23. The second-order valence-electron chi connectivity index (χ2n) is 9.82. The van der Waals surface area contributed by atoms with Crippen molar-refractivity contribution in [2.24, 2.45) is 11.8 Å². The quantitative estimate of drug-likeness (QED) is 0.197. The SMILES string of the molecule is C=C/C=C(\C=C)CNC(=O)CNC(=O)[C@@H](C[C@H](O)CNC(=O)C1CCCC1C(=O)N[C@H](C)c1ccccc1)OC. The molecule has 10 nitrogen and oxygen atoms in total. The van der Waals surface area contributed by atoms with Gasteiger partial charge in [-0.25, -0.2) is 0 Å². The average molecular weight is 555 g/mol. The van der Waals surface area contributed by atoms with Gasteiger partial charge >= 0.3 is 0 Å². The van der Waals surface area contributed by atoms with Crippen LogP contribution >= 0.6 is 0 Å². The molecular weight excluding hydrogens is 512 g/mol. The van der Waals surface area contributed by atoms with Gasteiger partial charge in [-0.05, 0) is 30.9 Å². The lowest BCUT2D eigenvalue weighted by Crippen LogP contribution is -2.45. The third kappa shape index (κ3) is 10.4. The molecule has 2 rings (SSSR count). The van der Waals surface area contributed by atoms with Crippen LogP contribution in [0, 0.1) is 11.8 Å². The van der Waals surface area contributed by atoms with Crippen molar-refractivity contribution in [1.82, 2.24) is 21.3 Å². The molecule has 4 amide bonds. The maximum Gasteiger partial charge on any atom is 0.249 e. The molecule has 0 heterocycles. The second-order valence-corrected chi connectivity index (χ2v) is 9.82. The number of allylic oxidation sites excluding steroid dienone is 2. The maximum atomic E-state index is 12.9. The third-order valence-electron chi connectivity index (χ3n) is 6.93. The number of ether oxygens (including phenoxy) is 1. The summed E-state index contributed by atoms with van der Waals surface area (Å²) >= 11 is 0. The van der Waals surface area contributed by atoms with Crippen LogP contribution in [0.1, 0.15) is 44.2 Å². The van der Waals surface area contributed by atoms with Gasteiger partial charge in [-0.2, -0.15) is 0 Å². The number of aliphatic hydroxyl groups is 1. The van der Waals surface area contributed by atoms with E-state index in [1.807, 2.05) is 37.3 Å². The summed E-state index contributed by atoms with van der Waals surface area (Å²) in [5.41, 5.74) is 1.75. The molecule has 5 atom stereocenters. The van der Waals surface area contributed by atoms with Gasteiger partial charge in [0.2, 0.25) is 23.6 Å². The molecule has 2 unspecified atom stereocenters. The topological polar surface area (TPSA) is 146 Å². The van der Waals surface area contributed by atoms with Crippen LogP contribution in [0.5, 0.6) is 0 Å². The summed E-state index contributed by atoms with van der Waals surface area (Å²) in [6.07, 6.45) is 4.67. The molecule has 0 aromatic heterocycles. The summed E-state index contributed by atoms with van der Waals surface area (Å²) in [6, 6.07) is 9.43. The number of carbonyl (C=O) groups is 4. The van der Waals surface area contributed by atoms with E-state index >= 15 is 0 Å². The molecule has 0 radical (unpaired) electrons. The summed E-state index contributed by atoms with van der Waals surface area (Å²) < 4.78 is 5.19. The van der Waals surface area contributed by atoms with Crippen molar-refractivity contribution in [3.63, 3.8) is 0 Å². The minimum Gasteiger partial charge on any atom is -0.391 e. The van der Waals surface area contributed by atoms with Gasteiger partial charge in [-0.15, -0.1) is 0 Å². The Bertz CT molecular complexity index is 1060. The number of aliphatic hydroxyl groups excluding tert-OH is 1. The van der Waals surface area contributed by atoms with Crippen molar-refractivity contribution < 1.29 is 29.0 Å². The Hall–Kier alpha value is -3.76. The minimum atomic E-state index is -1.07. The van der Waals surface area contributed by atoms with Crippen molar-refractivity contribution in [2.75, 3.05) is 26.7 Å². The van der Waals surface area contributed by atoms with Crippen LogP contribution in [0.15, 0.2) is 67.3 Å². The molecule has 1 aromatic carbocycles. The number of hydrogen-bond acceptors (Lipinski definition) is 6. The van der Waals surface area contributed by atoms with Crippen molar-refractivity contribution in [1.29, 1.82) is 0 Å². The van der Waals surface area contributed by atoms with E-state index in [1.54, 1.807) is 18.2 Å². The van der Waals surface area contributed by atoms with Gasteiger partial charge in [-0.3, -0.25) is 19.2 Å². The fourth-order valence-electron chi connectivity index (χ4n) is 4.62. The third-order valence-corrected chi connectivity index (χ3v) is 6.93. The number of hydrogen-bond donors (Lipinski definition) is 5. The van der Waals surface area contributed by atoms with Crippen LogP contribution in [0.4, 0.5) is 0 Å². The Kier molecular flexibility index (Phi) is 13.8. The normalized spacial score (nSPS) is 19.0. The number of benzene rings is 1. The van der Waals surface area contributed by atoms with Gasteiger partial charge in [0, 0.05) is 38.5 Å². The Morgan fingerprint density at radius 3 is 2.33 bits per heavy atom. The highest BCUT2D eigenvalue weighted by molar-refractivity contribution is 5.88. The molecule has 1 fully saturated rings. The maximum absolute atomic E-state index is 12.9. The lowest BCUT2D eigenvalue weighted by atomic mass is 9.93. The zero-order chi connectivity index (χ0) is 29.5. The van der Waals surface area contributed by atoms with Crippen LogP contribution in [0.25, 0.3) is 0 Å². The molecule has 5 N–H and O–H groups in total.